The lowest BCUT2D eigenvalue weighted by Gasteiger charge is -2.18. The highest BCUT2D eigenvalue weighted by Crippen LogP contribution is 2.44. The van der Waals surface area contributed by atoms with Crippen molar-refractivity contribution >= 4 is 39.2 Å². The van der Waals surface area contributed by atoms with Gasteiger partial charge in [0.05, 0.1) is 28.4 Å². The third-order valence-electron chi connectivity index (χ3n) is 5.39. The van der Waals surface area contributed by atoms with Crippen molar-refractivity contribution in [2.45, 2.75) is 18.7 Å². The zero-order valence-electron chi connectivity index (χ0n) is 18.6. The number of rotatable bonds is 10. The standard InChI is InChI=1S/C24H26ClN3O4/c1-29-21-10-16-15(8-6-5-7-9-27-28-26)20(14-25)19-13-24(32-4)23(31-3)12-18(19)17(16)11-22(21)30-2/h6,8,10-13H,5,7,9,14H2,1-4H3/b8-6-. The third kappa shape index (κ3) is 4.49. The molecular weight excluding hydrogens is 430 g/mol. The van der Waals surface area contributed by atoms with Gasteiger partial charge in [-0.05, 0) is 75.3 Å². The first-order chi connectivity index (χ1) is 15.6. The van der Waals surface area contributed by atoms with Crippen molar-refractivity contribution < 1.29 is 18.9 Å². The van der Waals surface area contributed by atoms with E-state index in [-0.39, 0.29) is 0 Å². The van der Waals surface area contributed by atoms with Crippen molar-refractivity contribution in [1.29, 1.82) is 0 Å². The maximum Gasteiger partial charge on any atom is 0.161 e. The molecule has 3 rings (SSSR count). The fourth-order valence-electron chi connectivity index (χ4n) is 3.84. The van der Waals surface area contributed by atoms with Crippen molar-refractivity contribution in [3.05, 3.63) is 51.9 Å². The van der Waals surface area contributed by atoms with Crippen LogP contribution in [0.2, 0.25) is 0 Å². The van der Waals surface area contributed by atoms with E-state index in [1.54, 1.807) is 28.4 Å². The molecule has 0 saturated carbocycles. The molecule has 0 aliphatic heterocycles. The van der Waals surface area contributed by atoms with Gasteiger partial charge in [-0.15, -0.1) is 11.6 Å². The molecule has 0 radical (unpaired) electrons. The van der Waals surface area contributed by atoms with Gasteiger partial charge in [0.1, 0.15) is 0 Å². The molecule has 0 spiro atoms. The fraction of sp³-hybridized carbons (Fsp3) is 0.333. The quantitative estimate of drug-likeness (QED) is 0.0833. The molecular formula is C24H26ClN3O4. The molecule has 8 heteroatoms. The van der Waals surface area contributed by atoms with Crippen LogP contribution in [0.5, 0.6) is 23.0 Å². The lowest BCUT2D eigenvalue weighted by Crippen LogP contribution is -1.97. The summed E-state index contributed by atoms with van der Waals surface area (Å²) in [5, 5.41) is 7.52. The van der Waals surface area contributed by atoms with Gasteiger partial charge in [-0.1, -0.05) is 17.3 Å². The van der Waals surface area contributed by atoms with Crippen molar-refractivity contribution in [1.82, 2.24) is 0 Å². The number of nitrogens with zero attached hydrogens (tertiary/aromatic N) is 3. The summed E-state index contributed by atoms with van der Waals surface area (Å²) < 4.78 is 22.2. The normalized spacial score (nSPS) is 11.0. The van der Waals surface area contributed by atoms with Gasteiger partial charge in [0.25, 0.3) is 0 Å². The molecule has 7 nitrogen and oxygen atoms in total. The lowest BCUT2D eigenvalue weighted by atomic mass is 9.91. The first-order valence-electron chi connectivity index (χ1n) is 10.1. The molecule has 3 aromatic rings. The minimum absolute atomic E-state index is 0.314. The smallest absolute Gasteiger partial charge is 0.161 e. The van der Waals surface area contributed by atoms with Gasteiger partial charge >= 0.3 is 0 Å². The minimum atomic E-state index is 0.314. The van der Waals surface area contributed by atoms with Crippen LogP contribution in [0.4, 0.5) is 0 Å². The molecule has 168 valence electrons. The molecule has 0 unspecified atom stereocenters. The Bertz CT molecular complexity index is 1200. The number of halogens is 1. The van der Waals surface area contributed by atoms with E-state index in [2.05, 4.69) is 22.2 Å². The van der Waals surface area contributed by atoms with E-state index in [1.165, 1.54) is 0 Å². The van der Waals surface area contributed by atoms with Crippen molar-refractivity contribution in [3.63, 3.8) is 0 Å². The first kappa shape index (κ1) is 23.4. The van der Waals surface area contributed by atoms with Gasteiger partial charge < -0.3 is 18.9 Å². The van der Waals surface area contributed by atoms with Crippen LogP contribution >= 0.6 is 11.6 Å². The Balaban J connectivity index is 2.34. The second-order valence-corrected chi connectivity index (χ2v) is 7.30. The zero-order valence-corrected chi connectivity index (χ0v) is 19.4. The molecule has 0 heterocycles. The predicted octanol–water partition coefficient (Wildman–Crippen LogP) is 6.87. The van der Waals surface area contributed by atoms with Crippen LogP contribution in [0.3, 0.4) is 0 Å². The summed E-state index contributed by atoms with van der Waals surface area (Å²) in [7, 11) is 6.47. The van der Waals surface area contributed by atoms with E-state index in [0.29, 0.717) is 35.4 Å². The Morgan fingerprint density at radius 1 is 0.844 bits per heavy atom. The molecule has 32 heavy (non-hydrogen) atoms. The molecule has 0 N–H and O–H groups in total. The number of allylic oxidation sites excluding steroid dienone is 1. The Kier molecular flexibility index (Phi) is 7.92. The summed E-state index contributed by atoms with van der Waals surface area (Å²) in [6, 6.07) is 7.87. The molecule has 0 saturated heterocycles. The number of hydrogen-bond acceptors (Lipinski definition) is 5. The van der Waals surface area contributed by atoms with Crippen molar-refractivity contribution in [3.8, 4) is 23.0 Å². The van der Waals surface area contributed by atoms with E-state index < -0.39 is 0 Å². The Morgan fingerprint density at radius 3 is 1.84 bits per heavy atom. The van der Waals surface area contributed by atoms with Gasteiger partial charge in [0, 0.05) is 17.3 Å². The SMILES string of the molecule is COc1cc2c(/C=C\CCCN=[N+]=[N-])c(CCl)c3cc(OC)c(OC)cc3c2cc1OC. The highest BCUT2D eigenvalue weighted by atomic mass is 35.5. The zero-order chi connectivity index (χ0) is 23.1. The first-order valence-corrected chi connectivity index (χ1v) is 10.7. The molecule has 0 aliphatic carbocycles. The van der Waals surface area contributed by atoms with E-state index in [4.69, 9.17) is 36.1 Å². The maximum atomic E-state index is 8.44. The number of unbranched alkanes of at least 4 members (excludes halogenated alkanes) is 1. The van der Waals surface area contributed by atoms with E-state index >= 15 is 0 Å². The van der Waals surface area contributed by atoms with Gasteiger partial charge in [0.2, 0.25) is 0 Å². The Labute approximate surface area is 192 Å². The summed E-state index contributed by atoms with van der Waals surface area (Å²) >= 11 is 6.48. The Hall–Kier alpha value is -3.28. The highest BCUT2D eigenvalue weighted by molar-refractivity contribution is 6.21. The number of benzene rings is 3. The topological polar surface area (TPSA) is 85.7 Å². The Morgan fingerprint density at radius 2 is 1.34 bits per heavy atom. The van der Waals surface area contributed by atoms with Crippen LogP contribution in [0.1, 0.15) is 24.0 Å². The van der Waals surface area contributed by atoms with Crippen molar-refractivity contribution in [2.24, 2.45) is 5.11 Å². The van der Waals surface area contributed by atoms with Gasteiger partial charge in [-0.25, -0.2) is 0 Å². The lowest BCUT2D eigenvalue weighted by molar-refractivity contribution is 0.355. The molecule has 0 aromatic heterocycles. The average Bonchev–Trinajstić information content (AvgIpc) is 2.84. The average molecular weight is 456 g/mol. The van der Waals surface area contributed by atoms with Gasteiger partial charge in [0.15, 0.2) is 23.0 Å². The molecule has 0 atom stereocenters. The molecule has 3 aromatic carbocycles. The summed E-state index contributed by atoms with van der Waals surface area (Å²) in [5.41, 5.74) is 10.4. The van der Waals surface area contributed by atoms with Crippen LogP contribution in [0.25, 0.3) is 38.1 Å². The van der Waals surface area contributed by atoms with Gasteiger partial charge in [-0.3, -0.25) is 0 Å². The largest absolute Gasteiger partial charge is 0.493 e. The molecule has 0 fully saturated rings. The summed E-state index contributed by atoms with van der Waals surface area (Å²) in [6.45, 7) is 0.462. The second kappa shape index (κ2) is 10.8. The van der Waals surface area contributed by atoms with E-state index in [0.717, 1.165) is 45.5 Å². The number of methoxy groups -OCH3 is 4. The number of hydrogen-bond donors (Lipinski definition) is 0. The number of alkyl halides is 1. The van der Waals surface area contributed by atoms with Gasteiger partial charge in [-0.2, -0.15) is 0 Å². The minimum Gasteiger partial charge on any atom is -0.493 e. The fourth-order valence-corrected chi connectivity index (χ4v) is 4.13. The number of azide groups is 1. The van der Waals surface area contributed by atoms with Crippen LogP contribution < -0.4 is 18.9 Å². The monoisotopic (exact) mass is 455 g/mol. The summed E-state index contributed by atoms with van der Waals surface area (Å²) in [6.07, 6.45) is 5.68. The summed E-state index contributed by atoms with van der Waals surface area (Å²) in [5.74, 6) is 2.86. The maximum absolute atomic E-state index is 8.44. The highest BCUT2D eigenvalue weighted by Gasteiger charge is 2.18. The molecule has 0 bridgehead atoms. The second-order valence-electron chi connectivity index (χ2n) is 7.03. The van der Waals surface area contributed by atoms with Crippen LogP contribution in [0, 0.1) is 0 Å². The predicted molar refractivity (Wildman–Crippen MR) is 130 cm³/mol. The van der Waals surface area contributed by atoms with Crippen molar-refractivity contribution in [2.75, 3.05) is 35.0 Å². The van der Waals surface area contributed by atoms with Crippen LogP contribution in [-0.4, -0.2) is 35.0 Å². The van der Waals surface area contributed by atoms with Crippen LogP contribution in [-0.2, 0) is 5.88 Å². The number of ether oxygens (including phenoxy) is 4. The molecule has 0 aliphatic rings. The number of fused-ring (bicyclic) bond motifs is 3. The summed E-state index contributed by atoms with van der Waals surface area (Å²) in [4.78, 5) is 2.80. The molecule has 0 amide bonds. The van der Waals surface area contributed by atoms with E-state index in [1.807, 2.05) is 24.3 Å². The third-order valence-corrected chi connectivity index (χ3v) is 5.66. The van der Waals surface area contributed by atoms with Crippen LogP contribution in [0.15, 0.2) is 35.5 Å². The van der Waals surface area contributed by atoms with E-state index in [9.17, 15) is 0 Å².